The second-order valence-electron chi connectivity index (χ2n) is 5.17. The van der Waals surface area contributed by atoms with E-state index in [-0.39, 0.29) is 18.5 Å². The Balaban J connectivity index is 2.26. The first-order valence-electron chi connectivity index (χ1n) is 6.90. The molecule has 0 N–H and O–H groups in total. The van der Waals surface area contributed by atoms with Gasteiger partial charge in [-0.1, -0.05) is 31.0 Å². The van der Waals surface area contributed by atoms with Gasteiger partial charge in [0.25, 0.3) is 0 Å². The summed E-state index contributed by atoms with van der Waals surface area (Å²) in [6.45, 7) is 5.82. The molecule has 0 unspecified atom stereocenters. The van der Waals surface area contributed by atoms with Gasteiger partial charge in [-0.05, 0) is 31.9 Å². The lowest BCUT2D eigenvalue weighted by atomic mass is 10.2. The highest BCUT2D eigenvalue weighted by atomic mass is 32.2. The van der Waals surface area contributed by atoms with Gasteiger partial charge in [0.15, 0.2) is 9.84 Å². The van der Waals surface area contributed by atoms with Crippen molar-refractivity contribution in [1.29, 1.82) is 0 Å². The first kappa shape index (κ1) is 15.0. The maximum absolute atomic E-state index is 12.6. The number of esters is 1. The van der Waals surface area contributed by atoms with Crippen LogP contribution in [0.4, 0.5) is 0 Å². The quantitative estimate of drug-likeness (QED) is 0.783. The highest BCUT2D eigenvalue weighted by Crippen LogP contribution is 2.49. The molecular weight excluding hydrogens is 276 g/mol. The van der Waals surface area contributed by atoms with E-state index in [0.29, 0.717) is 11.3 Å². The maximum Gasteiger partial charge on any atom is 0.310 e. The molecule has 0 saturated heterocycles. The molecule has 0 radical (unpaired) electrons. The molecule has 1 saturated carbocycles. The van der Waals surface area contributed by atoms with E-state index >= 15 is 0 Å². The van der Waals surface area contributed by atoms with Crippen LogP contribution < -0.4 is 0 Å². The molecular formula is C15H20O4S. The van der Waals surface area contributed by atoms with Crippen molar-refractivity contribution in [3.8, 4) is 0 Å². The molecule has 0 spiro atoms. The van der Waals surface area contributed by atoms with Gasteiger partial charge in [0.2, 0.25) is 0 Å². The summed E-state index contributed by atoms with van der Waals surface area (Å²) in [6.07, 6.45) is 0.666. The van der Waals surface area contributed by atoms with E-state index in [0.717, 1.165) is 5.56 Å². The van der Waals surface area contributed by atoms with Gasteiger partial charge >= 0.3 is 5.97 Å². The molecule has 0 aromatic heterocycles. The number of carbonyl (C=O) groups is 1. The molecule has 0 amide bonds. The maximum atomic E-state index is 12.6. The Kier molecular flexibility index (Phi) is 4.18. The number of benzene rings is 1. The highest BCUT2D eigenvalue weighted by Gasteiger charge is 2.61. The minimum absolute atomic E-state index is 0.125. The van der Waals surface area contributed by atoms with Crippen LogP contribution >= 0.6 is 0 Å². The number of sulfone groups is 1. The van der Waals surface area contributed by atoms with Crippen LogP contribution in [-0.2, 0) is 19.4 Å². The molecule has 20 heavy (non-hydrogen) atoms. The third-order valence-corrected chi connectivity index (χ3v) is 6.12. The van der Waals surface area contributed by atoms with Crippen LogP contribution in [0.2, 0.25) is 0 Å². The fourth-order valence-electron chi connectivity index (χ4n) is 2.68. The first-order valence-corrected chi connectivity index (χ1v) is 8.45. The Bertz CT molecular complexity index is 589. The average molecular weight is 296 g/mol. The number of hydrogen-bond acceptors (Lipinski definition) is 4. The van der Waals surface area contributed by atoms with E-state index in [1.165, 1.54) is 0 Å². The number of rotatable bonds is 5. The number of ether oxygens (including phenoxy) is 1. The van der Waals surface area contributed by atoms with Crippen molar-refractivity contribution < 1.29 is 17.9 Å². The fourth-order valence-corrected chi connectivity index (χ4v) is 4.94. The normalized spacial score (nSPS) is 25.2. The zero-order chi connectivity index (χ0) is 14.9. The molecule has 2 rings (SSSR count). The third kappa shape index (κ3) is 2.59. The molecule has 4 nitrogen and oxygen atoms in total. The summed E-state index contributed by atoms with van der Waals surface area (Å²) in [4.78, 5) is 12.1. The molecule has 1 aromatic carbocycles. The molecule has 3 atom stereocenters. The van der Waals surface area contributed by atoms with Crippen LogP contribution in [0, 0.1) is 18.8 Å². The number of aryl methyl sites for hydroxylation is 1. The lowest BCUT2D eigenvalue weighted by Gasteiger charge is -2.04. The molecule has 0 aliphatic heterocycles. The van der Waals surface area contributed by atoms with Crippen molar-refractivity contribution in [2.45, 2.75) is 37.3 Å². The SMILES string of the molecule is CCOC(=O)[C@H]1[C@H](CC)[C@H]1S(=O)(=O)c1ccc(C)cc1. The van der Waals surface area contributed by atoms with Crippen molar-refractivity contribution in [2.24, 2.45) is 11.8 Å². The Morgan fingerprint density at radius 1 is 1.20 bits per heavy atom. The smallest absolute Gasteiger partial charge is 0.310 e. The van der Waals surface area contributed by atoms with Gasteiger partial charge < -0.3 is 4.74 Å². The van der Waals surface area contributed by atoms with Crippen molar-refractivity contribution >= 4 is 15.8 Å². The van der Waals surface area contributed by atoms with E-state index in [4.69, 9.17) is 4.74 Å². The van der Waals surface area contributed by atoms with Crippen LogP contribution in [0.5, 0.6) is 0 Å². The zero-order valence-electron chi connectivity index (χ0n) is 12.0. The highest BCUT2D eigenvalue weighted by molar-refractivity contribution is 7.92. The molecule has 110 valence electrons. The molecule has 1 aromatic rings. The van der Waals surface area contributed by atoms with Gasteiger partial charge in [-0.3, -0.25) is 4.79 Å². The van der Waals surface area contributed by atoms with Gasteiger partial charge in [0.05, 0.1) is 22.7 Å². The monoisotopic (exact) mass is 296 g/mol. The summed E-state index contributed by atoms with van der Waals surface area (Å²) in [5, 5.41) is -0.630. The van der Waals surface area contributed by atoms with Gasteiger partial charge in [-0.15, -0.1) is 0 Å². The van der Waals surface area contributed by atoms with Crippen molar-refractivity contribution in [2.75, 3.05) is 6.61 Å². The van der Waals surface area contributed by atoms with Gasteiger partial charge in [0.1, 0.15) is 0 Å². The summed E-state index contributed by atoms with van der Waals surface area (Å²) in [7, 11) is -3.46. The van der Waals surface area contributed by atoms with E-state index in [1.807, 2.05) is 13.8 Å². The molecule has 0 heterocycles. The number of hydrogen-bond donors (Lipinski definition) is 0. The van der Waals surface area contributed by atoms with E-state index in [2.05, 4.69) is 0 Å². The third-order valence-electron chi connectivity index (χ3n) is 3.83. The summed E-state index contributed by atoms with van der Waals surface area (Å²) in [5.74, 6) is -1.02. The van der Waals surface area contributed by atoms with Gasteiger partial charge in [0, 0.05) is 0 Å². The topological polar surface area (TPSA) is 60.4 Å². The molecule has 1 aliphatic rings. The largest absolute Gasteiger partial charge is 0.466 e. The predicted octanol–water partition coefficient (Wildman–Crippen LogP) is 2.36. The Morgan fingerprint density at radius 2 is 1.80 bits per heavy atom. The van der Waals surface area contributed by atoms with Crippen LogP contribution in [0.25, 0.3) is 0 Å². The van der Waals surface area contributed by atoms with E-state index in [1.54, 1.807) is 31.2 Å². The second-order valence-corrected chi connectivity index (χ2v) is 7.28. The summed E-state index contributed by atoms with van der Waals surface area (Å²) in [5.41, 5.74) is 1.01. The molecule has 1 aliphatic carbocycles. The van der Waals surface area contributed by atoms with Gasteiger partial charge in [-0.2, -0.15) is 0 Å². The second kappa shape index (κ2) is 5.56. The minimum Gasteiger partial charge on any atom is -0.466 e. The van der Waals surface area contributed by atoms with Crippen molar-refractivity contribution in [3.63, 3.8) is 0 Å². The molecule has 0 bridgehead atoms. The Labute approximate surface area is 120 Å². The van der Waals surface area contributed by atoms with Crippen molar-refractivity contribution in [3.05, 3.63) is 29.8 Å². The Morgan fingerprint density at radius 3 is 2.30 bits per heavy atom. The standard InChI is InChI=1S/C15H20O4S/c1-4-12-13(15(16)19-5-2)14(12)20(17,18)11-8-6-10(3)7-9-11/h6-9,12-14H,4-5H2,1-3H3/t12-,13-,14+/m0/s1. The van der Waals surface area contributed by atoms with Gasteiger partial charge in [-0.25, -0.2) is 8.42 Å². The molecule has 5 heteroatoms. The van der Waals surface area contributed by atoms with Crippen LogP contribution in [0.15, 0.2) is 29.2 Å². The van der Waals surface area contributed by atoms with Crippen LogP contribution in [0.1, 0.15) is 25.8 Å². The summed E-state index contributed by atoms with van der Waals surface area (Å²) in [6, 6.07) is 6.76. The summed E-state index contributed by atoms with van der Waals surface area (Å²) < 4.78 is 30.1. The first-order chi connectivity index (χ1) is 9.43. The predicted molar refractivity (Wildman–Crippen MR) is 76.1 cm³/mol. The lowest BCUT2D eigenvalue weighted by Crippen LogP contribution is -2.15. The summed E-state index contributed by atoms with van der Waals surface area (Å²) >= 11 is 0. The van der Waals surface area contributed by atoms with E-state index < -0.39 is 21.0 Å². The fraction of sp³-hybridized carbons (Fsp3) is 0.533. The zero-order valence-corrected chi connectivity index (χ0v) is 12.8. The average Bonchev–Trinajstić information content (AvgIpc) is 3.14. The minimum atomic E-state index is -3.46. The van der Waals surface area contributed by atoms with Crippen LogP contribution in [0.3, 0.4) is 0 Å². The Hall–Kier alpha value is -1.36. The molecule has 1 fully saturated rings. The van der Waals surface area contributed by atoms with Crippen LogP contribution in [-0.4, -0.2) is 26.2 Å². The lowest BCUT2D eigenvalue weighted by molar-refractivity contribution is -0.145. The van der Waals surface area contributed by atoms with Crippen molar-refractivity contribution in [1.82, 2.24) is 0 Å². The number of carbonyl (C=O) groups excluding carboxylic acids is 1. The van der Waals surface area contributed by atoms with E-state index in [9.17, 15) is 13.2 Å².